The maximum atomic E-state index is 5.74. The van der Waals surface area contributed by atoms with Crippen LogP contribution in [0.5, 0.6) is 11.5 Å². The molecule has 2 unspecified atom stereocenters. The molecule has 2 aromatic carbocycles. The summed E-state index contributed by atoms with van der Waals surface area (Å²) in [5, 5.41) is 0. The predicted molar refractivity (Wildman–Crippen MR) is 137 cm³/mol. The van der Waals surface area contributed by atoms with Crippen LogP contribution in [0.2, 0.25) is 0 Å². The van der Waals surface area contributed by atoms with E-state index in [-0.39, 0.29) is 10.7 Å². The summed E-state index contributed by atoms with van der Waals surface area (Å²) in [5.41, 5.74) is 6.50. The van der Waals surface area contributed by atoms with Gasteiger partial charge in [-0.05, 0) is 60.6 Å². The molecule has 32 heavy (non-hydrogen) atoms. The Kier molecular flexibility index (Phi) is 7.08. The van der Waals surface area contributed by atoms with Gasteiger partial charge < -0.3 is 9.47 Å². The lowest BCUT2D eigenvalue weighted by atomic mass is 9.92. The second-order valence-corrected chi connectivity index (χ2v) is 10.4. The molecule has 0 amide bonds. The minimum atomic E-state index is -0.119. The highest BCUT2D eigenvalue weighted by Gasteiger charge is 2.38. The van der Waals surface area contributed by atoms with Crippen LogP contribution in [0.4, 0.5) is 0 Å². The molecule has 1 aliphatic carbocycles. The van der Waals surface area contributed by atoms with Gasteiger partial charge in [0.25, 0.3) is 0 Å². The van der Waals surface area contributed by atoms with Crippen molar-refractivity contribution in [2.24, 2.45) is 0 Å². The molecule has 2 aliphatic rings. The van der Waals surface area contributed by atoms with Crippen molar-refractivity contribution in [3.63, 3.8) is 0 Å². The van der Waals surface area contributed by atoms with E-state index in [2.05, 4.69) is 65.8 Å². The molecular weight excluding hydrogens is 416 g/mol. The lowest BCUT2D eigenvalue weighted by Gasteiger charge is -2.36. The molecule has 4 rings (SSSR count). The summed E-state index contributed by atoms with van der Waals surface area (Å²) in [6.07, 6.45) is 3.17. The monoisotopic (exact) mass is 452 g/mol. The Morgan fingerprint density at radius 2 is 2.00 bits per heavy atom. The van der Waals surface area contributed by atoms with Gasteiger partial charge in [-0.2, -0.15) is 0 Å². The highest BCUT2D eigenvalue weighted by atomic mass is 32.2. The minimum absolute atomic E-state index is 0.119. The molecule has 0 aromatic heterocycles. The van der Waals surface area contributed by atoms with Gasteiger partial charge >= 0.3 is 0 Å². The maximum absolute atomic E-state index is 5.74. The van der Waals surface area contributed by atoms with Crippen LogP contribution in [-0.4, -0.2) is 55.5 Å². The zero-order valence-electron chi connectivity index (χ0n) is 19.9. The number of hydrogen-bond donors (Lipinski definition) is 0. The van der Waals surface area contributed by atoms with Crippen LogP contribution in [0, 0.1) is 6.92 Å². The van der Waals surface area contributed by atoms with E-state index in [1.807, 2.05) is 0 Å². The Balaban J connectivity index is 1.46. The maximum Gasteiger partial charge on any atom is 0.168 e. The largest absolute Gasteiger partial charge is 0.493 e. The van der Waals surface area contributed by atoms with Crippen molar-refractivity contribution in [2.75, 3.05) is 40.4 Å². The van der Waals surface area contributed by atoms with Crippen LogP contribution >= 0.6 is 10.7 Å². The Morgan fingerprint density at radius 1 is 1.22 bits per heavy atom. The van der Waals surface area contributed by atoms with Gasteiger partial charge in [-0.1, -0.05) is 48.2 Å². The van der Waals surface area contributed by atoms with Gasteiger partial charge in [0, 0.05) is 42.7 Å². The Hall–Kier alpha value is -2.08. The first-order chi connectivity index (χ1) is 15.5. The second kappa shape index (κ2) is 9.82. The van der Waals surface area contributed by atoms with E-state index in [1.165, 1.54) is 32.7 Å². The summed E-state index contributed by atoms with van der Waals surface area (Å²) < 4.78 is 13.9. The first kappa shape index (κ1) is 23.1. The molecular formula is C27H36N2O2S. The molecule has 172 valence electrons. The smallest absolute Gasteiger partial charge is 0.168 e. The van der Waals surface area contributed by atoms with E-state index in [4.69, 9.17) is 9.47 Å². The highest BCUT2D eigenvalue weighted by molar-refractivity contribution is 8.12. The van der Waals surface area contributed by atoms with Crippen molar-refractivity contribution < 1.29 is 9.47 Å². The Labute approximate surface area is 195 Å². The van der Waals surface area contributed by atoms with E-state index >= 15 is 0 Å². The summed E-state index contributed by atoms with van der Waals surface area (Å²) in [5.74, 6) is 6.20. The average molecular weight is 453 g/mol. The number of rotatable bonds is 9. The minimum Gasteiger partial charge on any atom is -0.493 e. The third kappa shape index (κ3) is 4.14. The fourth-order valence-corrected chi connectivity index (χ4v) is 6.89. The van der Waals surface area contributed by atoms with E-state index in [0.29, 0.717) is 6.04 Å². The first-order valence-corrected chi connectivity index (χ1v) is 12.9. The molecule has 0 bridgehead atoms. The van der Waals surface area contributed by atoms with E-state index in [9.17, 15) is 0 Å². The summed E-state index contributed by atoms with van der Waals surface area (Å²) in [4.78, 5) is 4.01. The Morgan fingerprint density at radius 3 is 2.69 bits per heavy atom. The van der Waals surface area contributed by atoms with Gasteiger partial charge in [-0.25, -0.2) is 0 Å². The van der Waals surface area contributed by atoms with Crippen LogP contribution in [0.1, 0.15) is 48.1 Å². The fraction of sp³-hybridized carbons (Fsp3) is 0.444. The molecule has 1 heterocycles. The zero-order valence-corrected chi connectivity index (χ0v) is 20.8. The second-order valence-electron chi connectivity index (χ2n) is 8.67. The van der Waals surface area contributed by atoms with Gasteiger partial charge in [0.1, 0.15) is 0 Å². The van der Waals surface area contributed by atoms with Crippen molar-refractivity contribution in [3.8, 4) is 11.5 Å². The molecule has 5 heteroatoms. The van der Waals surface area contributed by atoms with E-state index < -0.39 is 0 Å². The van der Waals surface area contributed by atoms with Crippen LogP contribution < -0.4 is 9.47 Å². The summed E-state index contributed by atoms with van der Waals surface area (Å²) in [6.45, 7) is 13.1. The average Bonchev–Trinajstić information content (AvgIpc) is 3.16. The lowest BCUT2D eigenvalue weighted by Crippen LogP contribution is -2.36. The topological polar surface area (TPSA) is 24.9 Å². The fourth-order valence-electron chi connectivity index (χ4n) is 5.27. The van der Waals surface area contributed by atoms with Crippen LogP contribution in [0.15, 0.2) is 41.8 Å². The number of methoxy groups -OCH3 is 2. The predicted octanol–water partition coefficient (Wildman–Crippen LogP) is 5.72. The van der Waals surface area contributed by atoms with Gasteiger partial charge in [0.2, 0.25) is 0 Å². The van der Waals surface area contributed by atoms with E-state index in [0.717, 1.165) is 56.9 Å². The van der Waals surface area contributed by atoms with Gasteiger partial charge in [-0.3, -0.25) is 9.21 Å². The standard InChI is InChI=1S/C27H36N2O2S/c1-7-29(32(6)24-12-9-8-11-19(24)2)15-10-14-28-16-13-21-18-23(30-4)27(31-5)25-20(3)17-22(28)26(21)25/h8-9,11-12,18,22H,3,6-7,10,13-17H2,1-2,4-5H3. The number of aryl methyl sites for hydroxylation is 1. The molecule has 0 radical (unpaired) electrons. The molecule has 1 aliphatic heterocycles. The summed E-state index contributed by atoms with van der Waals surface area (Å²) >= 11 is 0. The third-order valence-electron chi connectivity index (χ3n) is 6.90. The number of nitrogens with zero attached hydrogens (tertiary/aromatic N) is 2. The number of ether oxygens (including phenoxy) is 2. The van der Waals surface area contributed by atoms with Gasteiger partial charge in [0.05, 0.1) is 14.2 Å². The molecule has 0 N–H and O–H groups in total. The van der Waals surface area contributed by atoms with Crippen LogP contribution in [0.25, 0.3) is 5.57 Å². The molecule has 0 spiro atoms. The molecule has 4 nitrogen and oxygen atoms in total. The normalized spacial score (nSPS) is 18.7. The molecule has 2 aromatic rings. The number of hydrogen-bond acceptors (Lipinski definition) is 4. The van der Waals surface area contributed by atoms with Crippen molar-refractivity contribution >= 4 is 22.1 Å². The highest BCUT2D eigenvalue weighted by Crippen LogP contribution is 2.53. The first-order valence-electron chi connectivity index (χ1n) is 11.5. The molecule has 0 fully saturated rings. The molecule has 2 atom stereocenters. The number of benzene rings is 2. The third-order valence-corrected chi connectivity index (χ3v) is 8.93. The molecule has 0 saturated carbocycles. The quantitative estimate of drug-likeness (QED) is 0.455. The van der Waals surface area contributed by atoms with Crippen molar-refractivity contribution in [2.45, 2.75) is 44.0 Å². The SMILES string of the molecule is C=C1CC2c3c(cc(OC)c(OC)c31)CCN2CCCN(CC)S(=C)c1ccccc1C. The summed E-state index contributed by atoms with van der Waals surface area (Å²) in [6, 6.07) is 11.2. The van der Waals surface area contributed by atoms with E-state index in [1.54, 1.807) is 14.2 Å². The lowest BCUT2D eigenvalue weighted by molar-refractivity contribution is 0.186. The van der Waals surface area contributed by atoms with Crippen LogP contribution in [-0.2, 0) is 6.42 Å². The van der Waals surface area contributed by atoms with Crippen molar-refractivity contribution in [1.29, 1.82) is 0 Å². The van der Waals surface area contributed by atoms with Crippen molar-refractivity contribution in [1.82, 2.24) is 9.21 Å². The van der Waals surface area contributed by atoms with Gasteiger partial charge in [0.15, 0.2) is 11.5 Å². The zero-order chi connectivity index (χ0) is 22.8. The van der Waals surface area contributed by atoms with Gasteiger partial charge in [-0.15, -0.1) is 0 Å². The molecule has 0 saturated heterocycles. The Bertz CT molecular complexity index is 1030. The summed E-state index contributed by atoms with van der Waals surface area (Å²) in [7, 11) is 3.33. The van der Waals surface area contributed by atoms with Crippen molar-refractivity contribution in [3.05, 3.63) is 59.2 Å². The van der Waals surface area contributed by atoms with Crippen LogP contribution in [0.3, 0.4) is 0 Å².